The number of benzene rings is 2. The summed E-state index contributed by atoms with van der Waals surface area (Å²) < 4.78 is 49.2. The monoisotopic (exact) mass is 507 g/mol. The normalized spacial score (nSPS) is 20.8. The second kappa shape index (κ2) is 10.9. The van der Waals surface area contributed by atoms with Crippen molar-refractivity contribution in [1.82, 2.24) is 14.5 Å². The van der Waals surface area contributed by atoms with Gasteiger partial charge in [0.25, 0.3) is 0 Å². The van der Waals surface area contributed by atoms with Crippen LogP contribution in [-0.4, -0.2) is 73.7 Å². The molecule has 0 radical (unpaired) electrons. The molecule has 1 aliphatic heterocycles. The molecule has 192 valence electrons. The quantitative estimate of drug-likeness (QED) is 0.625. The summed E-state index contributed by atoms with van der Waals surface area (Å²) in [5, 5.41) is 12.6. The van der Waals surface area contributed by atoms with Crippen molar-refractivity contribution in [2.45, 2.75) is 50.8 Å². The molecule has 3 atom stereocenters. The first kappa shape index (κ1) is 26.9. The second-order valence-electron chi connectivity index (χ2n) is 9.37. The van der Waals surface area contributed by atoms with Crippen molar-refractivity contribution in [2.75, 3.05) is 26.7 Å². The minimum atomic E-state index is -4.02. The van der Waals surface area contributed by atoms with E-state index in [-0.39, 0.29) is 48.3 Å². The van der Waals surface area contributed by atoms with E-state index >= 15 is 0 Å². The van der Waals surface area contributed by atoms with Crippen molar-refractivity contribution in [3.63, 3.8) is 0 Å². The summed E-state index contributed by atoms with van der Waals surface area (Å²) in [5.41, 5.74) is 0.786. The van der Waals surface area contributed by atoms with Crippen LogP contribution in [0.15, 0.2) is 47.4 Å². The number of sulfonamides is 1. The number of carbonyl (C=O) groups is 1. The lowest BCUT2D eigenvalue weighted by atomic mass is 10.0. The third-order valence-electron chi connectivity index (χ3n) is 6.06. The number of carbonyl (C=O) groups excluding carboxylic acids is 1. The molecule has 3 rings (SSSR count). The van der Waals surface area contributed by atoms with Gasteiger partial charge < -0.3 is 20.1 Å². The van der Waals surface area contributed by atoms with Crippen LogP contribution >= 0.6 is 0 Å². The number of hydrogen-bond donors (Lipinski definition) is 2. The third kappa shape index (κ3) is 5.94. The highest BCUT2D eigenvalue weighted by molar-refractivity contribution is 7.89. The van der Waals surface area contributed by atoms with E-state index in [1.165, 1.54) is 27.4 Å². The fourth-order valence-corrected chi connectivity index (χ4v) is 5.84. The van der Waals surface area contributed by atoms with Gasteiger partial charge in [0.15, 0.2) is 0 Å². The number of amides is 2. The Labute approximate surface area is 206 Å². The number of nitrogens with zero attached hydrogens (tertiary/aromatic N) is 2. The molecule has 10 heteroatoms. The highest BCUT2D eigenvalue weighted by atomic mass is 32.2. The lowest BCUT2D eigenvalue weighted by molar-refractivity contribution is 0.0810. The van der Waals surface area contributed by atoms with Gasteiger partial charge in [-0.05, 0) is 44.5 Å². The number of aliphatic hydroxyl groups excluding tert-OH is 1. The minimum absolute atomic E-state index is 0.0456. The summed E-state index contributed by atoms with van der Waals surface area (Å²) >= 11 is 0. The molecule has 0 saturated carbocycles. The van der Waals surface area contributed by atoms with Crippen LogP contribution in [-0.2, 0) is 10.0 Å². The topological polar surface area (TPSA) is 99.2 Å². The van der Waals surface area contributed by atoms with Gasteiger partial charge in [-0.15, -0.1) is 0 Å². The van der Waals surface area contributed by atoms with Gasteiger partial charge in [0.05, 0.1) is 13.2 Å². The Bertz CT molecular complexity index is 1160. The maximum Gasteiger partial charge on any atom is 0.317 e. The summed E-state index contributed by atoms with van der Waals surface area (Å²) in [5.74, 6) is -0.680. The number of aliphatic hydroxyl groups is 1. The smallest absolute Gasteiger partial charge is 0.317 e. The van der Waals surface area contributed by atoms with Crippen molar-refractivity contribution in [3.05, 3.63) is 48.3 Å². The zero-order chi connectivity index (χ0) is 25.9. The molecule has 0 bridgehead atoms. The van der Waals surface area contributed by atoms with Crippen LogP contribution in [0.5, 0.6) is 5.75 Å². The summed E-state index contributed by atoms with van der Waals surface area (Å²) in [6, 6.07) is 9.71. The first-order valence-corrected chi connectivity index (χ1v) is 13.1. The highest BCUT2D eigenvalue weighted by Crippen LogP contribution is 2.37. The van der Waals surface area contributed by atoms with Gasteiger partial charge in [-0.1, -0.05) is 31.2 Å². The van der Waals surface area contributed by atoms with Gasteiger partial charge in [-0.3, -0.25) is 0 Å². The molecule has 0 fully saturated rings. The summed E-state index contributed by atoms with van der Waals surface area (Å²) in [4.78, 5) is 13.9. The molecule has 0 saturated heterocycles. The molecule has 0 unspecified atom stereocenters. The number of urea groups is 1. The molecule has 0 aromatic heterocycles. The van der Waals surface area contributed by atoms with E-state index < -0.39 is 28.0 Å². The van der Waals surface area contributed by atoms with Gasteiger partial charge in [0.2, 0.25) is 10.0 Å². The molecule has 2 aromatic carbocycles. The number of halogens is 1. The van der Waals surface area contributed by atoms with Gasteiger partial charge >= 0.3 is 6.03 Å². The second-order valence-corrected chi connectivity index (χ2v) is 11.2. The van der Waals surface area contributed by atoms with Crippen LogP contribution in [0.2, 0.25) is 0 Å². The standard InChI is InChI=1S/C25H34FN3O5S/c1-16(2)27-25(31)28(5)14-23-17(3)13-29(18(4)15-30)35(32,33)24-11-10-19(12-22(24)34-23)20-8-6-7-9-21(20)26/h6-12,16-18,23,30H,13-15H2,1-5H3,(H,27,31)/t17-,18-,23+/m0/s1. The SMILES string of the molecule is CC(C)NC(=O)N(C)C[C@H]1Oc2cc(-c3ccccc3F)ccc2S(=O)(=O)N([C@@H](C)CO)C[C@@H]1C. The van der Waals surface area contributed by atoms with E-state index in [1.54, 1.807) is 38.2 Å². The fourth-order valence-electron chi connectivity index (χ4n) is 4.02. The van der Waals surface area contributed by atoms with E-state index in [1.807, 2.05) is 20.8 Å². The van der Waals surface area contributed by atoms with Gasteiger partial charge in [0.1, 0.15) is 22.6 Å². The largest absolute Gasteiger partial charge is 0.487 e. The zero-order valence-electron chi connectivity index (χ0n) is 20.7. The van der Waals surface area contributed by atoms with Crippen molar-refractivity contribution in [3.8, 4) is 16.9 Å². The molecular formula is C25H34FN3O5S. The molecule has 2 aromatic rings. The predicted molar refractivity (Wildman–Crippen MR) is 132 cm³/mol. The molecule has 35 heavy (non-hydrogen) atoms. The van der Waals surface area contributed by atoms with Crippen LogP contribution in [0.3, 0.4) is 0 Å². The fraction of sp³-hybridized carbons (Fsp3) is 0.480. The molecule has 0 spiro atoms. The highest BCUT2D eigenvalue weighted by Gasteiger charge is 2.38. The van der Waals surface area contributed by atoms with Crippen LogP contribution in [0.1, 0.15) is 27.7 Å². The van der Waals surface area contributed by atoms with E-state index in [2.05, 4.69) is 5.32 Å². The first-order chi connectivity index (χ1) is 16.4. The maximum atomic E-state index is 14.5. The van der Waals surface area contributed by atoms with E-state index in [4.69, 9.17) is 4.74 Å². The van der Waals surface area contributed by atoms with Gasteiger partial charge in [-0.2, -0.15) is 4.31 Å². The third-order valence-corrected chi connectivity index (χ3v) is 8.08. The summed E-state index contributed by atoms with van der Waals surface area (Å²) in [7, 11) is -2.37. The zero-order valence-corrected chi connectivity index (χ0v) is 21.5. The molecule has 0 aliphatic carbocycles. The van der Waals surface area contributed by atoms with Crippen LogP contribution in [0, 0.1) is 11.7 Å². The summed E-state index contributed by atoms with van der Waals surface area (Å²) in [6.07, 6.45) is -0.559. The van der Waals surface area contributed by atoms with Crippen LogP contribution in [0.4, 0.5) is 9.18 Å². The van der Waals surface area contributed by atoms with Crippen molar-refractivity contribution in [2.24, 2.45) is 5.92 Å². The Balaban J connectivity index is 2.09. The van der Waals surface area contributed by atoms with E-state index in [0.717, 1.165) is 0 Å². The Morgan fingerprint density at radius 1 is 1.26 bits per heavy atom. The molecular weight excluding hydrogens is 473 g/mol. The Hall–Kier alpha value is -2.69. The lowest BCUT2D eigenvalue weighted by Gasteiger charge is -2.37. The van der Waals surface area contributed by atoms with Crippen LogP contribution in [0.25, 0.3) is 11.1 Å². The first-order valence-electron chi connectivity index (χ1n) is 11.7. The maximum absolute atomic E-state index is 14.5. The lowest BCUT2D eigenvalue weighted by Crippen LogP contribution is -2.51. The van der Waals surface area contributed by atoms with Gasteiger partial charge in [-0.25, -0.2) is 17.6 Å². The number of rotatable bonds is 6. The molecule has 2 amide bonds. The predicted octanol–water partition coefficient (Wildman–Crippen LogP) is 3.31. The van der Waals surface area contributed by atoms with Crippen molar-refractivity contribution in [1.29, 1.82) is 0 Å². The molecule has 8 nitrogen and oxygen atoms in total. The average molecular weight is 508 g/mol. The number of likely N-dealkylation sites (N-methyl/N-ethyl adjacent to an activating group) is 1. The summed E-state index contributed by atoms with van der Waals surface area (Å²) in [6.45, 7) is 7.15. The molecule has 1 aliphatic rings. The molecule has 2 N–H and O–H groups in total. The molecule has 1 heterocycles. The van der Waals surface area contributed by atoms with Gasteiger partial charge in [0, 0.05) is 37.2 Å². The van der Waals surface area contributed by atoms with E-state index in [9.17, 15) is 22.7 Å². The number of nitrogens with one attached hydrogen (secondary N) is 1. The average Bonchev–Trinajstić information content (AvgIpc) is 2.80. The Morgan fingerprint density at radius 2 is 1.94 bits per heavy atom. The van der Waals surface area contributed by atoms with Crippen molar-refractivity contribution < 1.29 is 27.4 Å². The van der Waals surface area contributed by atoms with Crippen molar-refractivity contribution >= 4 is 16.1 Å². The Kier molecular flexibility index (Phi) is 8.40. The number of fused-ring (bicyclic) bond motifs is 1. The van der Waals surface area contributed by atoms with E-state index in [0.29, 0.717) is 11.1 Å². The number of ether oxygens (including phenoxy) is 1. The number of hydrogen-bond acceptors (Lipinski definition) is 5. The van der Waals surface area contributed by atoms with Crippen LogP contribution < -0.4 is 10.1 Å². The Morgan fingerprint density at radius 3 is 2.57 bits per heavy atom. The minimum Gasteiger partial charge on any atom is -0.487 e.